The number of likely N-dealkylation sites (tertiary alicyclic amines) is 1. The van der Waals surface area contributed by atoms with Crippen molar-refractivity contribution in [1.82, 2.24) is 20.5 Å². The van der Waals surface area contributed by atoms with Crippen LogP contribution in [-0.4, -0.2) is 67.3 Å². The van der Waals surface area contributed by atoms with Crippen LogP contribution in [0.5, 0.6) is 0 Å². The second-order valence-corrected chi connectivity index (χ2v) is 8.20. The number of anilines is 1. The van der Waals surface area contributed by atoms with E-state index in [0.29, 0.717) is 25.3 Å². The number of hydrogen-bond donors (Lipinski definition) is 2. The molecule has 0 saturated carbocycles. The normalized spacial score (nSPS) is 19.5. The number of ether oxygens (including phenoxy) is 1. The molecule has 2 N–H and O–H groups in total. The minimum Gasteiger partial charge on any atom is -0.450 e. The number of piperidine rings is 1. The van der Waals surface area contributed by atoms with Crippen molar-refractivity contribution in [1.29, 1.82) is 0 Å². The summed E-state index contributed by atoms with van der Waals surface area (Å²) in [4.78, 5) is 33.0. The minimum atomic E-state index is -0.278. The van der Waals surface area contributed by atoms with Crippen LogP contribution in [0.2, 0.25) is 0 Å². The highest BCUT2D eigenvalue weighted by molar-refractivity contribution is 5.94. The van der Waals surface area contributed by atoms with E-state index in [1.165, 1.54) is 5.56 Å². The lowest BCUT2D eigenvalue weighted by Gasteiger charge is -2.34. The Labute approximate surface area is 188 Å². The number of aromatic nitrogens is 1. The molecular weight excluding hydrogens is 406 g/mol. The van der Waals surface area contributed by atoms with Gasteiger partial charge in [0, 0.05) is 51.0 Å². The number of pyridine rings is 1. The average Bonchev–Trinajstić information content (AvgIpc) is 2.85. The number of nitrogens with one attached hydrogen (secondary N) is 2. The summed E-state index contributed by atoms with van der Waals surface area (Å²) in [6.07, 6.45) is 2.81. The molecule has 1 atom stereocenters. The highest BCUT2D eigenvalue weighted by atomic mass is 16.6. The molecule has 1 aromatic carbocycles. The number of carbonyl (C=O) groups excluding carboxylic acids is 2. The van der Waals surface area contributed by atoms with Gasteiger partial charge in [0.2, 0.25) is 0 Å². The molecular formula is C24H31N5O3. The molecule has 2 aliphatic rings. The lowest BCUT2D eigenvalue weighted by Crippen LogP contribution is -2.47. The fourth-order valence-electron chi connectivity index (χ4n) is 4.26. The van der Waals surface area contributed by atoms with Crippen molar-refractivity contribution in [2.75, 3.05) is 44.2 Å². The Morgan fingerprint density at radius 3 is 2.59 bits per heavy atom. The van der Waals surface area contributed by atoms with E-state index in [9.17, 15) is 9.59 Å². The predicted molar refractivity (Wildman–Crippen MR) is 123 cm³/mol. The van der Waals surface area contributed by atoms with Crippen LogP contribution in [0.3, 0.4) is 0 Å². The van der Waals surface area contributed by atoms with E-state index in [-0.39, 0.29) is 24.1 Å². The van der Waals surface area contributed by atoms with Gasteiger partial charge in [0.15, 0.2) is 0 Å². The van der Waals surface area contributed by atoms with Gasteiger partial charge in [-0.05, 0) is 37.5 Å². The van der Waals surface area contributed by atoms with Crippen molar-refractivity contribution in [2.24, 2.45) is 0 Å². The molecule has 0 bridgehead atoms. The Kier molecular flexibility index (Phi) is 7.21. The van der Waals surface area contributed by atoms with Crippen LogP contribution in [0.25, 0.3) is 0 Å². The van der Waals surface area contributed by atoms with Gasteiger partial charge in [-0.1, -0.05) is 30.3 Å². The highest BCUT2D eigenvalue weighted by Crippen LogP contribution is 2.21. The van der Waals surface area contributed by atoms with Gasteiger partial charge in [-0.3, -0.25) is 4.79 Å². The Morgan fingerprint density at radius 2 is 1.91 bits per heavy atom. The average molecular weight is 438 g/mol. The summed E-state index contributed by atoms with van der Waals surface area (Å²) in [7, 11) is 0. The van der Waals surface area contributed by atoms with Gasteiger partial charge in [-0.15, -0.1) is 0 Å². The molecule has 4 rings (SSSR count). The number of piperazine rings is 1. The maximum absolute atomic E-state index is 12.7. The minimum absolute atomic E-state index is 0.0488. The van der Waals surface area contributed by atoms with Crippen LogP contribution >= 0.6 is 0 Å². The molecule has 2 saturated heterocycles. The third kappa shape index (κ3) is 5.37. The molecule has 2 aliphatic heterocycles. The van der Waals surface area contributed by atoms with Gasteiger partial charge in [-0.2, -0.15) is 0 Å². The van der Waals surface area contributed by atoms with E-state index in [4.69, 9.17) is 4.74 Å². The van der Waals surface area contributed by atoms with Crippen molar-refractivity contribution in [3.63, 3.8) is 0 Å². The van der Waals surface area contributed by atoms with Crippen molar-refractivity contribution in [3.05, 3.63) is 59.8 Å². The molecule has 1 unspecified atom stereocenters. The van der Waals surface area contributed by atoms with Crippen molar-refractivity contribution in [2.45, 2.75) is 31.8 Å². The van der Waals surface area contributed by atoms with Gasteiger partial charge < -0.3 is 25.2 Å². The summed E-state index contributed by atoms with van der Waals surface area (Å²) in [6.45, 7) is 5.95. The van der Waals surface area contributed by atoms with Crippen molar-refractivity contribution in [3.8, 4) is 0 Å². The van der Waals surface area contributed by atoms with Gasteiger partial charge in [0.05, 0.1) is 12.2 Å². The highest BCUT2D eigenvalue weighted by Gasteiger charge is 2.25. The molecule has 2 amide bonds. The molecule has 0 aliphatic carbocycles. The largest absolute Gasteiger partial charge is 0.450 e. The molecule has 3 heterocycles. The topological polar surface area (TPSA) is 86.8 Å². The Balaban J connectivity index is 1.30. The summed E-state index contributed by atoms with van der Waals surface area (Å²) >= 11 is 0. The zero-order chi connectivity index (χ0) is 22.3. The Hall–Kier alpha value is -3.13. The first kappa shape index (κ1) is 22.1. The van der Waals surface area contributed by atoms with Gasteiger partial charge in [0.25, 0.3) is 5.91 Å². The Bertz CT molecular complexity index is 898. The zero-order valence-electron chi connectivity index (χ0n) is 18.5. The van der Waals surface area contributed by atoms with E-state index < -0.39 is 0 Å². The molecule has 1 aromatic heterocycles. The van der Waals surface area contributed by atoms with Crippen LogP contribution in [0.15, 0.2) is 48.7 Å². The van der Waals surface area contributed by atoms with E-state index in [1.54, 1.807) is 18.0 Å². The van der Waals surface area contributed by atoms with E-state index in [0.717, 1.165) is 38.3 Å². The number of rotatable bonds is 5. The molecule has 32 heavy (non-hydrogen) atoms. The van der Waals surface area contributed by atoms with E-state index in [1.807, 2.05) is 18.2 Å². The molecule has 0 radical (unpaired) electrons. The molecule has 0 spiro atoms. The second kappa shape index (κ2) is 10.5. The van der Waals surface area contributed by atoms with Crippen LogP contribution < -0.4 is 15.5 Å². The van der Waals surface area contributed by atoms with Crippen LogP contribution in [0.4, 0.5) is 10.6 Å². The van der Waals surface area contributed by atoms with Gasteiger partial charge >= 0.3 is 6.09 Å². The quantitative estimate of drug-likeness (QED) is 0.748. The number of carbonyl (C=O) groups is 2. The summed E-state index contributed by atoms with van der Waals surface area (Å²) in [6, 6.07) is 14.5. The third-order valence-electron chi connectivity index (χ3n) is 6.07. The standard InChI is InChI=1S/C24H31N5O3/c1-2-32-24(31)28-13-10-20(11-14-28)27-23(30)19-8-9-22(26-16-19)29-15-12-25-21(17-29)18-6-4-3-5-7-18/h3-9,16,20-21,25H,2,10-15,17H2,1H3,(H,27,30). The lowest BCUT2D eigenvalue weighted by atomic mass is 10.0. The maximum atomic E-state index is 12.7. The van der Waals surface area contributed by atoms with Crippen LogP contribution in [0, 0.1) is 0 Å². The second-order valence-electron chi connectivity index (χ2n) is 8.20. The number of benzene rings is 1. The van der Waals surface area contributed by atoms with E-state index >= 15 is 0 Å². The molecule has 2 fully saturated rings. The predicted octanol–water partition coefficient (Wildman–Crippen LogP) is 2.58. The maximum Gasteiger partial charge on any atom is 0.409 e. The van der Waals surface area contributed by atoms with Crippen molar-refractivity contribution < 1.29 is 14.3 Å². The first-order valence-corrected chi connectivity index (χ1v) is 11.4. The summed E-state index contributed by atoms with van der Waals surface area (Å²) in [5, 5.41) is 6.63. The SMILES string of the molecule is CCOC(=O)N1CCC(NC(=O)c2ccc(N3CCNC(c4ccccc4)C3)nc2)CC1. The third-order valence-corrected chi connectivity index (χ3v) is 6.07. The summed E-state index contributed by atoms with van der Waals surface area (Å²) < 4.78 is 5.04. The van der Waals surface area contributed by atoms with Crippen LogP contribution in [-0.2, 0) is 4.74 Å². The van der Waals surface area contributed by atoms with Gasteiger partial charge in [0.1, 0.15) is 5.82 Å². The Morgan fingerprint density at radius 1 is 1.12 bits per heavy atom. The monoisotopic (exact) mass is 437 g/mol. The molecule has 8 heteroatoms. The summed E-state index contributed by atoms with van der Waals surface area (Å²) in [5.41, 5.74) is 1.82. The fourth-order valence-corrected chi connectivity index (χ4v) is 4.26. The molecule has 170 valence electrons. The first-order chi connectivity index (χ1) is 15.6. The van der Waals surface area contributed by atoms with Gasteiger partial charge in [-0.25, -0.2) is 9.78 Å². The van der Waals surface area contributed by atoms with E-state index in [2.05, 4.69) is 44.8 Å². The molecule has 2 aromatic rings. The number of amides is 2. The number of hydrogen-bond acceptors (Lipinski definition) is 6. The first-order valence-electron chi connectivity index (χ1n) is 11.4. The fraction of sp³-hybridized carbons (Fsp3) is 0.458. The summed E-state index contributed by atoms with van der Waals surface area (Å²) in [5.74, 6) is 0.757. The van der Waals surface area contributed by atoms with Crippen LogP contribution in [0.1, 0.15) is 41.7 Å². The molecule has 8 nitrogen and oxygen atoms in total. The smallest absolute Gasteiger partial charge is 0.409 e. The number of nitrogens with zero attached hydrogens (tertiary/aromatic N) is 3. The van der Waals surface area contributed by atoms with Crippen molar-refractivity contribution >= 4 is 17.8 Å². The lowest BCUT2D eigenvalue weighted by molar-refractivity contribution is 0.0860. The zero-order valence-corrected chi connectivity index (χ0v) is 18.5.